The van der Waals surface area contributed by atoms with Gasteiger partial charge < -0.3 is 25.0 Å². The van der Waals surface area contributed by atoms with E-state index in [1.165, 1.54) is 14.7 Å². The molecule has 1 heterocycles. The number of benzene rings is 1. The number of rotatable bonds is 13. The molecule has 0 aliphatic carbocycles. The Morgan fingerprint density at radius 2 is 1.66 bits per heavy atom. The molecule has 0 saturated carbocycles. The first kappa shape index (κ1) is 25.1. The van der Waals surface area contributed by atoms with Gasteiger partial charge in [0.05, 0.1) is 32.8 Å². The maximum absolute atomic E-state index is 12.6. The molecule has 1 aromatic carbocycles. The standard InChI is InChI=1S/C21H29N3O8/c1-2-32-17-5-3-15(4-6-17)9-16(24(13-20(28)29)14-21(30)31)10-23-8-7-22(11-18(23)25)12-19(26)27/h3-6,16H,2,7-14H2,1H3,(H,26,27)(H,28,29)(H,30,31)/t16-/m0/s1. The molecule has 0 aromatic heterocycles. The summed E-state index contributed by atoms with van der Waals surface area (Å²) in [5.41, 5.74) is 0.844. The Morgan fingerprint density at radius 1 is 1.03 bits per heavy atom. The molecule has 11 nitrogen and oxygen atoms in total. The molecular formula is C21H29N3O8. The van der Waals surface area contributed by atoms with Crippen molar-refractivity contribution in [3.63, 3.8) is 0 Å². The first-order valence-corrected chi connectivity index (χ1v) is 10.3. The molecule has 1 aliphatic rings. The number of nitrogens with zero attached hydrogens (tertiary/aromatic N) is 3. The van der Waals surface area contributed by atoms with Crippen molar-refractivity contribution in [2.24, 2.45) is 0 Å². The van der Waals surface area contributed by atoms with Gasteiger partial charge in [0.2, 0.25) is 5.91 Å². The molecule has 32 heavy (non-hydrogen) atoms. The molecule has 176 valence electrons. The summed E-state index contributed by atoms with van der Waals surface area (Å²) < 4.78 is 5.43. The number of carbonyl (C=O) groups is 4. The lowest BCUT2D eigenvalue weighted by Gasteiger charge is -2.38. The first-order chi connectivity index (χ1) is 15.2. The largest absolute Gasteiger partial charge is 0.494 e. The number of hydrogen-bond acceptors (Lipinski definition) is 7. The molecule has 1 amide bonds. The molecule has 1 saturated heterocycles. The second kappa shape index (κ2) is 12.0. The Morgan fingerprint density at radius 3 is 2.16 bits per heavy atom. The van der Waals surface area contributed by atoms with Crippen molar-refractivity contribution >= 4 is 23.8 Å². The number of ether oxygens (including phenoxy) is 1. The third-order valence-electron chi connectivity index (χ3n) is 5.09. The predicted octanol–water partition coefficient (Wildman–Crippen LogP) is -0.304. The quantitative estimate of drug-likeness (QED) is 0.365. The second-order valence-electron chi connectivity index (χ2n) is 7.57. The lowest BCUT2D eigenvalue weighted by molar-refractivity contribution is -0.143. The molecule has 0 bridgehead atoms. The number of aliphatic carboxylic acids is 3. The van der Waals surface area contributed by atoms with Crippen LogP contribution in [0.25, 0.3) is 0 Å². The van der Waals surface area contributed by atoms with Gasteiger partial charge in [-0.05, 0) is 31.0 Å². The Balaban J connectivity index is 2.18. The van der Waals surface area contributed by atoms with Crippen LogP contribution in [0.5, 0.6) is 5.75 Å². The summed E-state index contributed by atoms with van der Waals surface area (Å²) in [5, 5.41) is 27.5. The maximum atomic E-state index is 12.6. The predicted molar refractivity (Wildman–Crippen MR) is 113 cm³/mol. The summed E-state index contributed by atoms with van der Waals surface area (Å²) in [7, 11) is 0. The van der Waals surface area contributed by atoms with E-state index in [0.29, 0.717) is 25.3 Å². The molecule has 1 aromatic rings. The molecule has 1 aliphatic heterocycles. The Labute approximate surface area is 185 Å². The topological polar surface area (TPSA) is 148 Å². The monoisotopic (exact) mass is 451 g/mol. The van der Waals surface area contributed by atoms with Gasteiger partial charge in [-0.3, -0.25) is 29.0 Å². The Hall–Kier alpha value is -3.18. The Kier molecular flexibility index (Phi) is 9.41. The van der Waals surface area contributed by atoms with Crippen molar-refractivity contribution in [2.45, 2.75) is 19.4 Å². The summed E-state index contributed by atoms with van der Waals surface area (Å²) in [6.45, 7) is 1.90. The van der Waals surface area contributed by atoms with Crippen LogP contribution in [0.1, 0.15) is 12.5 Å². The highest BCUT2D eigenvalue weighted by molar-refractivity contribution is 5.80. The highest BCUT2D eigenvalue weighted by Crippen LogP contribution is 2.17. The summed E-state index contributed by atoms with van der Waals surface area (Å²) in [4.78, 5) is 50.6. The minimum atomic E-state index is -1.17. The molecular weight excluding hydrogens is 422 g/mol. The first-order valence-electron chi connectivity index (χ1n) is 10.3. The third kappa shape index (κ3) is 8.16. The van der Waals surface area contributed by atoms with Gasteiger partial charge in [0, 0.05) is 25.7 Å². The van der Waals surface area contributed by atoms with Gasteiger partial charge in [0.1, 0.15) is 5.75 Å². The number of carbonyl (C=O) groups excluding carboxylic acids is 1. The smallest absolute Gasteiger partial charge is 0.317 e. The summed E-state index contributed by atoms with van der Waals surface area (Å²) in [6, 6.07) is 6.65. The van der Waals surface area contributed by atoms with Gasteiger partial charge in [-0.2, -0.15) is 0 Å². The highest BCUT2D eigenvalue weighted by Gasteiger charge is 2.31. The van der Waals surface area contributed by atoms with Crippen molar-refractivity contribution in [1.82, 2.24) is 14.7 Å². The molecule has 1 atom stereocenters. The number of carboxylic acid groups (broad SMARTS) is 3. The van der Waals surface area contributed by atoms with E-state index in [4.69, 9.17) is 9.84 Å². The van der Waals surface area contributed by atoms with Gasteiger partial charge in [-0.25, -0.2) is 0 Å². The van der Waals surface area contributed by atoms with Crippen LogP contribution >= 0.6 is 0 Å². The fourth-order valence-corrected chi connectivity index (χ4v) is 3.66. The molecule has 3 N–H and O–H groups in total. The normalized spacial score (nSPS) is 15.6. The van der Waals surface area contributed by atoms with Gasteiger partial charge in [-0.1, -0.05) is 12.1 Å². The van der Waals surface area contributed by atoms with Crippen LogP contribution in [0.15, 0.2) is 24.3 Å². The van der Waals surface area contributed by atoms with Crippen LogP contribution < -0.4 is 4.74 Å². The average Bonchev–Trinajstić information content (AvgIpc) is 2.69. The molecule has 0 unspecified atom stereocenters. The minimum absolute atomic E-state index is 0.0556. The highest BCUT2D eigenvalue weighted by atomic mass is 16.5. The number of carboxylic acids is 3. The average molecular weight is 451 g/mol. The molecule has 11 heteroatoms. The fraction of sp³-hybridized carbons (Fsp3) is 0.524. The van der Waals surface area contributed by atoms with Gasteiger partial charge in [0.25, 0.3) is 0 Å². The van der Waals surface area contributed by atoms with Crippen molar-refractivity contribution in [2.75, 3.05) is 52.4 Å². The fourth-order valence-electron chi connectivity index (χ4n) is 3.66. The molecule has 0 radical (unpaired) electrons. The summed E-state index contributed by atoms with van der Waals surface area (Å²) in [6.07, 6.45) is 0.329. The number of amides is 1. The zero-order valence-electron chi connectivity index (χ0n) is 18.0. The van der Waals surface area contributed by atoms with Crippen LogP contribution in [0.4, 0.5) is 0 Å². The zero-order valence-corrected chi connectivity index (χ0v) is 18.0. The summed E-state index contributed by atoms with van der Waals surface area (Å²) in [5.74, 6) is -2.94. The Bertz CT molecular complexity index is 798. The number of piperazine rings is 1. The second-order valence-corrected chi connectivity index (χ2v) is 7.57. The molecule has 1 fully saturated rings. The van der Waals surface area contributed by atoms with Crippen LogP contribution in [0.2, 0.25) is 0 Å². The van der Waals surface area contributed by atoms with Gasteiger partial charge in [0.15, 0.2) is 0 Å². The van der Waals surface area contributed by atoms with Crippen molar-refractivity contribution in [1.29, 1.82) is 0 Å². The van der Waals surface area contributed by atoms with Gasteiger partial charge in [-0.15, -0.1) is 0 Å². The van der Waals surface area contributed by atoms with Crippen LogP contribution in [0, 0.1) is 0 Å². The van der Waals surface area contributed by atoms with E-state index in [1.807, 2.05) is 19.1 Å². The van der Waals surface area contributed by atoms with Crippen molar-refractivity contribution in [3.8, 4) is 5.75 Å². The van der Waals surface area contributed by atoms with Crippen LogP contribution in [0.3, 0.4) is 0 Å². The number of hydrogen-bond donors (Lipinski definition) is 3. The van der Waals surface area contributed by atoms with Crippen LogP contribution in [-0.2, 0) is 25.6 Å². The van der Waals surface area contributed by atoms with E-state index >= 15 is 0 Å². The SMILES string of the molecule is CCOc1ccc(C[C@@H](CN2CCN(CC(=O)O)CC2=O)N(CC(=O)O)CC(=O)O)cc1. The maximum Gasteiger partial charge on any atom is 0.317 e. The van der Waals surface area contributed by atoms with E-state index in [1.54, 1.807) is 12.1 Å². The minimum Gasteiger partial charge on any atom is -0.494 e. The van der Waals surface area contributed by atoms with E-state index in [9.17, 15) is 29.4 Å². The van der Waals surface area contributed by atoms with E-state index in [2.05, 4.69) is 0 Å². The van der Waals surface area contributed by atoms with Gasteiger partial charge >= 0.3 is 17.9 Å². The lowest BCUT2D eigenvalue weighted by atomic mass is 10.0. The molecule has 2 rings (SSSR count). The molecule has 0 spiro atoms. The zero-order chi connectivity index (χ0) is 23.7. The van der Waals surface area contributed by atoms with Crippen molar-refractivity contribution in [3.05, 3.63) is 29.8 Å². The van der Waals surface area contributed by atoms with E-state index in [0.717, 1.165) is 5.56 Å². The van der Waals surface area contributed by atoms with Crippen molar-refractivity contribution < 1.29 is 39.2 Å². The van der Waals surface area contributed by atoms with E-state index < -0.39 is 37.0 Å². The van der Waals surface area contributed by atoms with E-state index in [-0.39, 0.29) is 32.1 Å². The lowest BCUT2D eigenvalue weighted by Crippen LogP contribution is -2.56. The third-order valence-corrected chi connectivity index (χ3v) is 5.09. The summed E-state index contributed by atoms with van der Waals surface area (Å²) >= 11 is 0. The van der Waals surface area contributed by atoms with Crippen LogP contribution in [-0.4, -0.2) is 112 Å².